The Balaban J connectivity index is 2.15. The van der Waals surface area contributed by atoms with E-state index in [4.69, 9.17) is 23.2 Å². The first-order valence-corrected chi connectivity index (χ1v) is 11.2. The zero-order chi connectivity index (χ0) is 21.5. The predicted molar refractivity (Wildman–Crippen MR) is 118 cm³/mol. The van der Waals surface area contributed by atoms with Crippen molar-refractivity contribution in [3.63, 3.8) is 0 Å². The Labute approximate surface area is 183 Å². The van der Waals surface area contributed by atoms with E-state index in [9.17, 15) is 17.8 Å². The third-order valence-corrected chi connectivity index (χ3v) is 6.33. The van der Waals surface area contributed by atoms with Gasteiger partial charge in [-0.25, -0.2) is 4.79 Å². The standard InChI is InChI=1S/C21H16Cl2N2O4S/c22-18-7-3-1-5-14(18)16-11-13(30(27,28)29)12-17(15-6-2-4-8-19(15)23)20(16)25-10-9-24-21(25)26/h1-8,11-12H,9-10H2,(H,24,26)(H,27,28,29). The summed E-state index contributed by atoms with van der Waals surface area (Å²) < 4.78 is 33.9. The number of amides is 2. The lowest BCUT2D eigenvalue weighted by molar-refractivity contribution is 0.252. The van der Waals surface area contributed by atoms with Crippen molar-refractivity contribution >= 4 is 45.0 Å². The minimum absolute atomic E-state index is 0.323. The number of carbonyl (C=O) groups excluding carboxylic acids is 1. The second kappa shape index (κ2) is 7.92. The maximum absolute atomic E-state index is 12.6. The first-order valence-electron chi connectivity index (χ1n) is 8.98. The van der Waals surface area contributed by atoms with Crippen molar-refractivity contribution in [2.75, 3.05) is 18.0 Å². The Morgan fingerprint density at radius 2 is 1.37 bits per heavy atom. The zero-order valence-electron chi connectivity index (χ0n) is 15.5. The molecule has 0 unspecified atom stereocenters. The van der Waals surface area contributed by atoms with E-state index in [0.717, 1.165) is 0 Å². The van der Waals surface area contributed by atoms with Crippen molar-refractivity contribution in [3.05, 3.63) is 70.7 Å². The van der Waals surface area contributed by atoms with Gasteiger partial charge in [-0.15, -0.1) is 0 Å². The average Bonchev–Trinajstić information content (AvgIpc) is 3.12. The van der Waals surface area contributed by atoms with Gasteiger partial charge < -0.3 is 5.32 Å². The Hall–Kier alpha value is -2.58. The maximum atomic E-state index is 12.6. The van der Waals surface area contributed by atoms with Crippen LogP contribution >= 0.6 is 23.2 Å². The van der Waals surface area contributed by atoms with E-state index in [1.54, 1.807) is 48.5 Å². The van der Waals surface area contributed by atoms with Crippen molar-refractivity contribution in [1.82, 2.24) is 5.32 Å². The largest absolute Gasteiger partial charge is 0.336 e. The van der Waals surface area contributed by atoms with Crippen LogP contribution in [0.4, 0.5) is 10.5 Å². The first-order chi connectivity index (χ1) is 14.3. The quantitative estimate of drug-likeness (QED) is 0.527. The molecule has 0 saturated carbocycles. The number of carbonyl (C=O) groups is 1. The molecular weight excluding hydrogens is 447 g/mol. The van der Waals surface area contributed by atoms with Gasteiger partial charge in [0.05, 0.1) is 10.6 Å². The summed E-state index contributed by atoms with van der Waals surface area (Å²) in [6, 6.07) is 16.1. The van der Waals surface area contributed by atoms with Gasteiger partial charge in [-0.3, -0.25) is 9.45 Å². The average molecular weight is 463 g/mol. The summed E-state index contributed by atoms with van der Waals surface area (Å²) in [5.74, 6) is 0. The molecule has 9 heteroatoms. The van der Waals surface area contributed by atoms with Crippen LogP contribution in [0.1, 0.15) is 0 Å². The molecule has 154 valence electrons. The normalized spacial score (nSPS) is 14.1. The van der Waals surface area contributed by atoms with E-state index >= 15 is 0 Å². The molecule has 6 nitrogen and oxygen atoms in total. The molecule has 1 aliphatic heterocycles. The number of hydrogen-bond donors (Lipinski definition) is 2. The molecule has 4 rings (SSSR count). The van der Waals surface area contributed by atoms with Gasteiger partial charge in [0.1, 0.15) is 0 Å². The summed E-state index contributed by atoms with van der Waals surface area (Å²) in [7, 11) is -4.55. The lowest BCUT2D eigenvalue weighted by atomic mass is 9.95. The number of nitrogens with zero attached hydrogens (tertiary/aromatic N) is 1. The first kappa shape index (κ1) is 20.7. The molecule has 0 aromatic heterocycles. The Morgan fingerprint density at radius 1 is 0.867 bits per heavy atom. The molecule has 2 N–H and O–H groups in total. The highest BCUT2D eigenvalue weighted by Crippen LogP contribution is 2.45. The minimum Gasteiger partial charge on any atom is -0.336 e. The van der Waals surface area contributed by atoms with Gasteiger partial charge in [-0.2, -0.15) is 8.42 Å². The molecule has 0 atom stereocenters. The summed E-state index contributed by atoms with van der Waals surface area (Å²) >= 11 is 12.8. The zero-order valence-corrected chi connectivity index (χ0v) is 17.8. The monoisotopic (exact) mass is 462 g/mol. The van der Waals surface area contributed by atoms with E-state index in [1.807, 2.05) is 0 Å². The summed E-state index contributed by atoms with van der Waals surface area (Å²) in [5.41, 5.74) is 2.28. The molecular formula is C21H16Cl2N2O4S. The van der Waals surface area contributed by atoms with Crippen molar-refractivity contribution in [2.45, 2.75) is 4.90 Å². The maximum Gasteiger partial charge on any atom is 0.322 e. The lowest BCUT2D eigenvalue weighted by Gasteiger charge is -2.24. The molecule has 30 heavy (non-hydrogen) atoms. The van der Waals surface area contributed by atoms with Gasteiger partial charge in [0.15, 0.2) is 0 Å². The predicted octanol–water partition coefficient (Wildman–Crippen LogP) is 5.10. The van der Waals surface area contributed by atoms with Gasteiger partial charge in [0.25, 0.3) is 10.1 Å². The van der Waals surface area contributed by atoms with Gasteiger partial charge in [0.2, 0.25) is 0 Å². The third kappa shape index (κ3) is 3.77. The minimum atomic E-state index is -4.55. The number of benzene rings is 3. The van der Waals surface area contributed by atoms with E-state index in [0.29, 0.717) is 51.1 Å². The Kier molecular flexibility index (Phi) is 5.46. The fourth-order valence-corrected chi connectivity index (χ4v) is 4.51. The fraction of sp³-hybridized carbons (Fsp3) is 0.0952. The van der Waals surface area contributed by atoms with Gasteiger partial charge in [0, 0.05) is 45.4 Å². The van der Waals surface area contributed by atoms with Crippen molar-refractivity contribution in [2.24, 2.45) is 0 Å². The summed E-state index contributed by atoms with van der Waals surface area (Å²) in [5, 5.41) is 3.50. The van der Waals surface area contributed by atoms with Crippen LogP contribution in [0.25, 0.3) is 22.3 Å². The lowest BCUT2D eigenvalue weighted by Crippen LogP contribution is -2.29. The van der Waals surface area contributed by atoms with Gasteiger partial charge in [-0.05, 0) is 24.3 Å². The smallest absolute Gasteiger partial charge is 0.322 e. The van der Waals surface area contributed by atoms with Crippen LogP contribution in [0.2, 0.25) is 10.0 Å². The highest BCUT2D eigenvalue weighted by atomic mass is 35.5. The van der Waals surface area contributed by atoms with Gasteiger partial charge >= 0.3 is 6.03 Å². The van der Waals surface area contributed by atoms with Crippen LogP contribution in [-0.4, -0.2) is 32.1 Å². The molecule has 1 aliphatic rings. The number of halogens is 2. The van der Waals surface area contributed by atoms with Gasteiger partial charge in [-0.1, -0.05) is 59.6 Å². The molecule has 3 aromatic rings. The number of nitrogens with one attached hydrogen (secondary N) is 1. The fourth-order valence-electron chi connectivity index (χ4n) is 3.50. The highest BCUT2D eigenvalue weighted by Gasteiger charge is 2.30. The van der Waals surface area contributed by atoms with Crippen LogP contribution < -0.4 is 10.2 Å². The molecule has 1 saturated heterocycles. The molecule has 1 heterocycles. The summed E-state index contributed by atoms with van der Waals surface area (Å²) in [6.07, 6.45) is 0. The number of rotatable bonds is 4. The number of urea groups is 1. The Morgan fingerprint density at radius 3 is 1.77 bits per heavy atom. The number of anilines is 1. The SMILES string of the molecule is O=C1NCCN1c1c(-c2ccccc2Cl)cc(S(=O)(=O)O)cc1-c1ccccc1Cl. The third-order valence-electron chi connectivity index (χ3n) is 4.84. The van der Waals surface area contributed by atoms with E-state index < -0.39 is 10.1 Å². The molecule has 0 bridgehead atoms. The second-order valence-corrected chi connectivity index (χ2v) is 8.92. The van der Waals surface area contributed by atoms with E-state index in [2.05, 4.69) is 5.32 Å². The van der Waals surface area contributed by atoms with Crippen molar-refractivity contribution in [1.29, 1.82) is 0 Å². The van der Waals surface area contributed by atoms with Crippen LogP contribution in [0.5, 0.6) is 0 Å². The van der Waals surface area contributed by atoms with Crippen LogP contribution in [0.3, 0.4) is 0 Å². The van der Waals surface area contributed by atoms with Crippen molar-refractivity contribution in [3.8, 4) is 22.3 Å². The summed E-state index contributed by atoms with van der Waals surface area (Å²) in [6.45, 7) is 0.807. The second-order valence-electron chi connectivity index (χ2n) is 6.69. The number of hydrogen-bond acceptors (Lipinski definition) is 3. The van der Waals surface area contributed by atoms with Crippen LogP contribution in [-0.2, 0) is 10.1 Å². The van der Waals surface area contributed by atoms with Crippen LogP contribution in [0, 0.1) is 0 Å². The van der Waals surface area contributed by atoms with E-state index in [1.165, 1.54) is 17.0 Å². The topological polar surface area (TPSA) is 86.7 Å². The molecule has 1 fully saturated rings. The highest BCUT2D eigenvalue weighted by molar-refractivity contribution is 7.85. The van der Waals surface area contributed by atoms with Crippen molar-refractivity contribution < 1.29 is 17.8 Å². The molecule has 2 amide bonds. The summed E-state index contributed by atoms with van der Waals surface area (Å²) in [4.78, 5) is 13.8. The molecule has 3 aromatic carbocycles. The van der Waals surface area contributed by atoms with E-state index in [-0.39, 0.29) is 10.9 Å². The van der Waals surface area contributed by atoms with Crippen LogP contribution in [0.15, 0.2) is 65.6 Å². The molecule has 0 radical (unpaired) electrons. The Bertz CT molecular complexity index is 1190. The molecule has 0 spiro atoms. The molecule has 0 aliphatic carbocycles.